The fraction of sp³-hybridized carbons (Fsp3) is 0.381. The smallest absolute Gasteiger partial charge is 0.240 e. The molecule has 1 aliphatic carbocycles. The number of hydrogen-bond acceptors (Lipinski definition) is 4. The molecular formula is C21H24N2O4S. The molecule has 148 valence electrons. The van der Waals surface area contributed by atoms with Crippen LogP contribution in [0.2, 0.25) is 0 Å². The van der Waals surface area contributed by atoms with Crippen LogP contribution in [0.25, 0.3) is 0 Å². The van der Waals surface area contributed by atoms with Crippen LogP contribution >= 0.6 is 0 Å². The second-order valence-corrected chi connectivity index (χ2v) is 9.21. The highest BCUT2D eigenvalue weighted by Crippen LogP contribution is 2.38. The number of piperidine rings is 1. The number of nitrogens with zero attached hydrogens (tertiary/aromatic N) is 1. The number of nitrogens with one attached hydrogen (secondary N) is 1. The summed E-state index contributed by atoms with van der Waals surface area (Å²) >= 11 is 0. The molecule has 2 fully saturated rings. The molecule has 1 aliphatic heterocycles. The molecule has 4 rings (SSSR count). The minimum absolute atomic E-state index is 0.0991. The zero-order valence-electron chi connectivity index (χ0n) is 15.7. The molecule has 0 spiro atoms. The number of amides is 1. The van der Waals surface area contributed by atoms with E-state index in [1.807, 2.05) is 29.2 Å². The molecule has 2 bridgehead atoms. The highest BCUT2D eigenvalue weighted by Gasteiger charge is 2.47. The Bertz CT molecular complexity index is 944. The fourth-order valence-electron chi connectivity index (χ4n) is 4.29. The van der Waals surface area contributed by atoms with Crippen LogP contribution in [-0.4, -0.2) is 45.0 Å². The van der Waals surface area contributed by atoms with Crippen LogP contribution < -0.4 is 9.46 Å². The van der Waals surface area contributed by atoms with Crippen LogP contribution in [0.1, 0.15) is 18.4 Å². The van der Waals surface area contributed by atoms with E-state index in [9.17, 15) is 13.2 Å². The molecule has 2 aromatic carbocycles. The van der Waals surface area contributed by atoms with Crippen molar-refractivity contribution in [2.75, 3.05) is 13.7 Å². The van der Waals surface area contributed by atoms with Crippen molar-refractivity contribution in [2.24, 2.45) is 5.92 Å². The minimum atomic E-state index is -3.52. The Kier molecular flexibility index (Phi) is 5.12. The maximum absolute atomic E-state index is 12.7. The average molecular weight is 401 g/mol. The predicted molar refractivity (Wildman–Crippen MR) is 105 cm³/mol. The van der Waals surface area contributed by atoms with E-state index in [0.717, 1.165) is 17.7 Å². The Hall–Kier alpha value is -2.38. The largest absolute Gasteiger partial charge is 0.497 e. The first kappa shape index (κ1) is 19.0. The summed E-state index contributed by atoms with van der Waals surface area (Å²) in [6.07, 6.45) is 1.88. The Morgan fingerprint density at radius 2 is 1.82 bits per heavy atom. The number of likely N-dealkylation sites (tertiary alicyclic amines) is 1. The number of carbonyl (C=O) groups excluding carboxylic acids is 1. The van der Waals surface area contributed by atoms with E-state index in [1.165, 1.54) is 0 Å². The third-order valence-electron chi connectivity index (χ3n) is 5.74. The van der Waals surface area contributed by atoms with Gasteiger partial charge in [0.05, 0.1) is 18.4 Å². The maximum atomic E-state index is 12.7. The van der Waals surface area contributed by atoms with Crippen LogP contribution in [0.15, 0.2) is 59.5 Å². The summed E-state index contributed by atoms with van der Waals surface area (Å²) in [4.78, 5) is 14.9. The van der Waals surface area contributed by atoms with Crippen LogP contribution in [0.5, 0.6) is 5.75 Å². The molecule has 1 amide bonds. The molecule has 2 aliphatic rings. The lowest BCUT2D eigenvalue weighted by molar-refractivity contribution is -0.132. The lowest BCUT2D eigenvalue weighted by atomic mass is 10.0. The third kappa shape index (κ3) is 3.77. The van der Waals surface area contributed by atoms with Gasteiger partial charge in [0.15, 0.2) is 0 Å². The first-order valence-electron chi connectivity index (χ1n) is 9.46. The number of hydrogen-bond donors (Lipinski definition) is 1. The highest BCUT2D eigenvalue weighted by atomic mass is 32.2. The molecule has 0 radical (unpaired) electrons. The quantitative estimate of drug-likeness (QED) is 0.807. The van der Waals surface area contributed by atoms with E-state index in [1.54, 1.807) is 37.4 Å². The molecule has 1 heterocycles. The van der Waals surface area contributed by atoms with Crippen molar-refractivity contribution in [3.63, 3.8) is 0 Å². The highest BCUT2D eigenvalue weighted by molar-refractivity contribution is 7.89. The van der Waals surface area contributed by atoms with E-state index < -0.39 is 10.0 Å². The van der Waals surface area contributed by atoms with E-state index >= 15 is 0 Å². The zero-order valence-corrected chi connectivity index (χ0v) is 16.6. The van der Waals surface area contributed by atoms with Gasteiger partial charge in [-0.05, 0) is 48.6 Å². The lowest BCUT2D eigenvalue weighted by Gasteiger charge is -2.32. The molecular weight excluding hydrogens is 376 g/mol. The fourth-order valence-corrected chi connectivity index (χ4v) is 5.63. The van der Waals surface area contributed by atoms with Crippen molar-refractivity contribution in [1.29, 1.82) is 0 Å². The Morgan fingerprint density at radius 3 is 2.43 bits per heavy atom. The molecule has 1 saturated heterocycles. The summed E-state index contributed by atoms with van der Waals surface area (Å²) in [6.45, 7) is 0.613. The first-order valence-corrected chi connectivity index (χ1v) is 10.9. The van der Waals surface area contributed by atoms with Gasteiger partial charge in [0.1, 0.15) is 5.75 Å². The summed E-state index contributed by atoms with van der Waals surface area (Å²) in [6, 6.07) is 15.9. The molecule has 7 heteroatoms. The van der Waals surface area contributed by atoms with Crippen LogP contribution in [0, 0.1) is 5.92 Å². The Labute approximate surface area is 165 Å². The van der Waals surface area contributed by atoms with Crippen molar-refractivity contribution >= 4 is 15.9 Å². The lowest BCUT2D eigenvalue weighted by Crippen LogP contribution is -2.48. The molecule has 2 aromatic rings. The SMILES string of the molecule is COc1ccc(CC(=O)N2CC3CC2CC3NS(=O)(=O)c2ccccc2)cc1. The molecule has 6 nitrogen and oxygen atoms in total. The molecule has 0 aromatic heterocycles. The summed E-state index contributed by atoms with van der Waals surface area (Å²) in [5, 5.41) is 0. The monoisotopic (exact) mass is 400 g/mol. The Balaban J connectivity index is 1.36. The van der Waals surface area contributed by atoms with Gasteiger partial charge in [-0.25, -0.2) is 13.1 Å². The molecule has 1 saturated carbocycles. The molecule has 1 N–H and O–H groups in total. The zero-order chi connectivity index (χ0) is 19.7. The number of carbonyl (C=O) groups is 1. The van der Waals surface area contributed by atoms with Crippen LogP contribution in [0.3, 0.4) is 0 Å². The van der Waals surface area contributed by atoms with Crippen molar-refractivity contribution in [2.45, 2.75) is 36.2 Å². The normalized spacial score (nSPS) is 23.8. The van der Waals surface area contributed by atoms with Gasteiger partial charge in [-0.2, -0.15) is 0 Å². The molecule has 3 atom stereocenters. The Morgan fingerprint density at radius 1 is 1.11 bits per heavy atom. The van der Waals surface area contributed by atoms with Crippen LogP contribution in [0.4, 0.5) is 0 Å². The van der Waals surface area contributed by atoms with Gasteiger partial charge in [-0.15, -0.1) is 0 Å². The van der Waals surface area contributed by atoms with Crippen molar-refractivity contribution in [1.82, 2.24) is 9.62 Å². The van der Waals surface area contributed by atoms with Gasteiger partial charge in [0, 0.05) is 18.6 Å². The first-order chi connectivity index (χ1) is 13.5. The summed E-state index contributed by atoms with van der Waals surface area (Å²) in [5.74, 6) is 1.04. The number of benzene rings is 2. The van der Waals surface area contributed by atoms with Gasteiger partial charge in [-0.1, -0.05) is 30.3 Å². The molecule has 28 heavy (non-hydrogen) atoms. The van der Waals surface area contributed by atoms with Crippen molar-refractivity contribution in [3.05, 3.63) is 60.2 Å². The summed E-state index contributed by atoms with van der Waals surface area (Å²) in [5.41, 5.74) is 0.954. The van der Waals surface area contributed by atoms with Gasteiger partial charge >= 0.3 is 0 Å². The number of rotatable bonds is 6. The van der Waals surface area contributed by atoms with E-state index in [4.69, 9.17) is 4.74 Å². The number of sulfonamides is 1. The number of ether oxygens (including phenoxy) is 1. The van der Waals surface area contributed by atoms with Gasteiger partial charge in [0.25, 0.3) is 0 Å². The van der Waals surface area contributed by atoms with Gasteiger partial charge < -0.3 is 9.64 Å². The number of fused-ring (bicyclic) bond motifs is 2. The van der Waals surface area contributed by atoms with E-state index in [-0.39, 0.29) is 28.8 Å². The van der Waals surface area contributed by atoms with Crippen molar-refractivity contribution < 1.29 is 17.9 Å². The predicted octanol–water partition coefficient (Wildman–Crippen LogP) is 2.21. The topological polar surface area (TPSA) is 75.7 Å². The van der Waals surface area contributed by atoms with E-state index in [0.29, 0.717) is 19.4 Å². The second kappa shape index (κ2) is 7.56. The van der Waals surface area contributed by atoms with E-state index in [2.05, 4.69) is 4.72 Å². The standard InChI is InChI=1S/C21H24N2O4S/c1-27-18-9-7-15(8-10-18)11-21(24)23-14-16-12-17(23)13-20(16)22-28(25,26)19-5-3-2-4-6-19/h2-10,16-17,20,22H,11-14H2,1H3. The van der Waals surface area contributed by atoms with Gasteiger partial charge in [0.2, 0.25) is 15.9 Å². The number of methoxy groups -OCH3 is 1. The maximum Gasteiger partial charge on any atom is 0.240 e. The minimum Gasteiger partial charge on any atom is -0.497 e. The van der Waals surface area contributed by atoms with Crippen LogP contribution in [-0.2, 0) is 21.2 Å². The summed E-state index contributed by atoms with van der Waals surface area (Å²) in [7, 11) is -1.91. The third-order valence-corrected chi connectivity index (χ3v) is 7.24. The molecule has 3 unspecified atom stereocenters. The second-order valence-electron chi connectivity index (χ2n) is 7.50. The van der Waals surface area contributed by atoms with Crippen molar-refractivity contribution in [3.8, 4) is 5.75 Å². The van der Waals surface area contributed by atoms with Gasteiger partial charge in [-0.3, -0.25) is 4.79 Å². The average Bonchev–Trinajstić information content (AvgIpc) is 3.29. The summed E-state index contributed by atoms with van der Waals surface area (Å²) < 4.78 is 33.1.